The minimum Gasteiger partial charge on any atom is -0.285 e. The van der Waals surface area contributed by atoms with E-state index in [4.69, 9.17) is 0 Å². The van der Waals surface area contributed by atoms with Crippen LogP contribution in [0.15, 0.2) is 41.7 Å². The van der Waals surface area contributed by atoms with Crippen molar-refractivity contribution >= 4 is 11.6 Å². The first-order valence-corrected chi connectivity index (χ1v) is 4.58. The Morgan fingerprint density at radius 2 is 1.93 bits per heavy atom. The van der Waals surface area contributed by atoms with Crippen molar-refractivity contribution < 1.29 is 4.79 Å². The van der Waals surface area contributed by atoms with Gasteiger partial charge < -0.3 is 0 Å². The van der Waals surface area contributed by atoms with Gasteiger partial charge in [-0.25, -0.2) is 4.99 Å². The zero-order chi connectivity index (χ0) is 10.3. The van der Waals surface area contributed by atoms with Crippen LogP contribution in [0.3, 0.4) is 0 Å². The lowest BCUT2D eigenvalue weighted by Gasteiger charge is -1.97. The van der Waals surface area contributed by atoms with Gasteiger partial charge in [-0.15, -0.1) is 0 Å². The molecule has 1 aromatic heterocycles. The Kier molecular flexibility index (Phi) is 1.56. The Morgan fingerprint density at radius 3 is 2.67 bits per heavy atom. The second-order valence-corrected chi connectivity index (χ2v) is 3.30. The third-order valence-corrected chi connectivity index (χ3v) is 2.40. The molecular formula is C11H7N3O. The number of rotatable bonds is 1. The van der Waals surface area contributed by atoms with E-state index in [1.807, 2.05) is 18.2 Å². The lowest BCUT2D eigenvalue weighted by molar-refractivity contribution is 0.101. The summed E-state index contributed by atoms with van der Waals surface area (Å²) in [5.41, 5.74) is 3.08. The molecule has 1 N–H and O–H groups in total. The third-order valence-electron chi connectivity index (χ3n) is 2.40. The molecule has 4 heteroatoms. The van der Waals surface area contributed by atoms with Crippen LogP contribution in [0.2, 0.25) is 0 Å². The summed E-state index contributed by atoms with van der Waals surface area (Å²) in [6.07, 6.45) is 3.39. The van der Waals surface area contributed by atoms with Gasteiger partial charge in [0.25, 0.3) is 5.91 Å². The van der Waals surface area contributed by atoms with E-state index in [0.29, 0.717) is 11.3 Å². The third kappa shape index (κ3) is 1.11. The van der Waals surface area contributed by atoms with Crippen LogP contribution in [0.4, 0.5) is 0 Å². The van der Waals surface area contributed by atoms with E-state index in [1.165, 1.54) is 0 Å². The summed E-state index contributed by atoms with van der Waals surface area (Å²) >= 11 is 0. The van der Waals surface area contributed by atoms with Crippen molar-refractivity contribution in [1.29, 1.82) is 0 Å². The Morgan fingerprint density at radius 1 is 1.13 bits per heavy atom. The highest BCUT2D eigenvalue weighted by Gasteiger charge is 2.23. The summed E-state index contributed by atoms with van der Waals surface area (Å²) in [5.74, 6) is -0.179. The van der Waals surface area contributed by atoms with E-state index in [2.05, 4.69) is 15.2 Å². The standard InChI is InChI=1S/C11H7N3O/c15-11-9-4-2-1-3-8(9)10(14-11)7-5-12-13-6-7/h1-6H,(H,12,13). The van der Waals surface area contributed by atoms with Crippen molar-refractivity contribution in [2.45, 2.75) is 0 Å². The number of amides is 1. The van der Waals surface area contributed by atoms with Gasteiger partial charge in [0, 0.05) is 17.3 Å². The molecule has 4 nitrogen and oxygen atoms in total. The lowest BCUT2D eigenvalue weighted by Crippen LogP contribution is -1.98. The van der Waals surface area contributed by atoms with Crippen LogP contribution in [-0.2, 0) is 0 Å². The highest BCUT2D eigenvalue weighted by molar-refractivity contribution is 6.27. The highest BCUT2D eigenvalue weighted by Crippen LogP contribution is 2.21. The summed E-state index contributed by atoms with van der Waals surface area (Å²) in [7, 11) is 0. The molecule has 72 valence electrons. The number of benzene rings is 1. The SMILES string of the molecule is O=C1N=C(c2cn[nH]c2)c2ccccc21. The lowest BCUT2D eigenvalue weighted by atomic mass is 10.0. The number of carbonyl (C=O) groups excluding carboxylic acids is 1. The van der Waals surface area contributed by atoms with Crippen LogP contribution in [0.25, 0.3) is 0 Å². The number of fused-ring (bicyclic) bond motifs is 1. The predicted octanol–water partition coefficient (Wildman–Crippen LogP) is 1.40. The fraction of sp³-hybridized carbons (Fsp3) is 0. The molecule has 0 atom stereocenters. The first kappa shape index (κ1) is 8.11. The maximum absolute atomic E-state index is 11.6. The van der Waals surface area contributed by atoms with Gasteiger partial charge in [-0.2, -0.15) is 5.10 Å². The van der Waals surface area contributed by atoms with Gasteiger partial charge >= 0.3 is 0 Å². The molecule has 1 aliphatic heterocycles. The number of carbonyl (C=O) groups is 1. The van der Waals surface area contributed by atoms with E-state index >= 15 is 0 Å². The molecule has 1 amide bonds. The fourth-order valence-corrected chi connectivity index (χ4v) is 1.70. The summed E-state index contributed by atoms with van der Waals surface area (Å²) in [6, 6.07) is 7.41. The number of aromatic amines is 1. The topological polar surface area (TPSA) is 58.1 Å². The van der Waals surface area contributed by atoms with Crippen LogP contribution < -0.4 is 0 Å². The number of H-pyrrole nitrogens is 1. The van der Waals surface area contributed by atoms with Gasteiger partial charge in [-0.3, -0.25) is 9.89 Å². The van der Waals surface area contributed by atoms with Crippen molar-refractivity contribution in [3.8, 4) is 0 Å². The largest absolute Gasteiger partial charge is 0.285 e. The zero-order valence-corrected chi connectivity index (χ0v) is 7.77. The van der Waals surface area contributed by atoms with Gasteiger partial charge in [-0.05, 0) is 6.07 Å². The summed E-state index contributed by atoms with van der Waals surface area (Å²) in [6.45, 7) is 0. The molecule has 0 radical (unpaired) electrons. The molecule has 0 bridgehead atoms. The van der Waals surface area contributed by atoms with Crippen LogP contribution >= 0.6 is 0 Å². The highest BCUT2D eigenvalue weighted by atomic mass is 16.1. The second-order valence-electron chi connectivity index (χ2n) is 3.30. The van der Waals surface area contributed by atoms with Gasteiger partial charge in [0.05, 0.1) is 17.5 Å². The Labute approximate surface area is 85.7 Å². The second kappa shape index (κ2) is 2.88. The Bertz CT molecular complexity index is 555. The minimum absolute atomic E-state index is 0.179. The molecule has 0 saturated carbocycles. The normalized spacial score (nSPS) is 13.9. The molecule has 0 fully saturated rings. The number of hydrogen-bond acceptors (Lipinski definition) is 2. The van der Waals surface area contributed by atoms with Crippen molar-refractivity contribution in [3.05, 3.63) is 53.3 Å². The zero-order valence-electron chi connectivity index (χ0n) is 7.77. The van der Waals surface area contributed by atoms with Crippen LogP contribution in [0.1, 0.15) is 21.5 Å². The monoisotopic (exact) mass is 197 g/mol. The molecule has 0 unspecified atom stereocenters. The maximum Gasteiger partial charge on any atom is 0.278 e. The van der Waals surface area contributed by atoms with Gasteiger partial charge in [0.2, 0.25) is 0 Å². The molecule has 15 heavy (non-hydrogen) atoms. The molecule has 2 aromatic rings. The molecule has 2 heterocycles. The van der Waals surface area contributed by atoms with Gasteiger partial charge in [0.1, 0.15) is 0 Å². The first-order chi connectivity index (χ1) is 7.36. The van der Waals surface area contributed by atoms with Crippen LogP contribution in [-0.4, -0.2) is 21.8 Å². The Hall–Kier alpha value is -2.23. The number of aromatic nitrogens is 2. The summed E-state index contributed by atoms with van der Waals surface area (Å²) in [5, 5.41) is 6.56. The van der Waals surface area contributed by atoms with Gasteiger partial charge in [-0.1, -0.05) is 18.2 Å². The van der Waals surface area contributed by atoms with Crippen molar-refractivity contribution in [3.63, 3.8) is 0 Å². The van der Waals surface area contributed by atoms with Crippen LogP contribution in [0.5, 0.6) is 0 Å². The predicted molar refractivity (Wildman–Crippen MR) is 55.0 cm³/mol. The quantitative estimate of drug-likeness (QED) is 0.751. The molecule has 0 saturated heterocycles. The van der Waals surface area contributed by atoms with E-state index in [1.54, 1.807) is 18.5 Å². The maximum atomic E-state index is 11.6. The number of aliphatic imine (C=N–C) groups is 1. The van der Waals surface area contributed by atoms with E-state index < -0.39 is 0 Å². The summed E-state index contributed by atoms with van der Waals surface area (Å²) in [4.78, 5) is 15.6. The summed E-state index contributed by atoms with van der Waals surface area (Å²) < 4.78 is 0. The first-order valence-electron chi connectivity index (χ1n) is 4.58. The smallest absolute Gasteiger partial charge is 0.278 e. The number of nitrogens with zero attached hydrogens (tertiary/aromatic N) is 2. The molecule has 0 aliphatic carbocycles. The molecule has 1 aromatic carbocycles. The number of hydrogen-bond donors (Lipinski definition) is 1. The Balaban J connectivity index is 2.22. The van der Waals surface area contributed by atoms with Crippen molar-refractivity contribution in [2.75, 3.05) is 0 Å². The minimum atomic E-state index is -0.179. The molecule has 0 spiro atoms. The van der Waals surface area contributed by atoms with Crippen molar-refractivity contribution in [1.82, 2.24) is 10.2 Å². The molecular weight excluding hydrogens is 190 g/mol. The van der Waals surface area contributed by atoms with E-state index in [0.717, 1.165) is 11.1 Å². The number of nitrogens with one attached hydrogen (secondary N) is 1. The average molecular weight is 197 g/mol. The van der Waals surface area contributed by atoms with Crippen molar-refractivity contribution in [2.24, 2.45) is 4.99 Å². The average Bonchev–Trinajstić information content (AvgIpc) is 2.87. The molecule has 1 aliphatic rings. The van der Waals surface area contributed by atoms with E-state index in [-0.39, 0.29) is 5.91 Å². The van der Waals surface area contributed by atoms with Gasteiger partial charge in [0.15, 0.2) is 0 Å². The van der Waals surface area contributed by atoms with Crippen LogP contribution in [0, 0.1) is 0 Å². The fourth-order valence-electron chi connectivity index (χ4n) is 1.70. The van der Waals surface area contributed by atoms with E-state index in [9.17, 15) is 4.79 Å². The molecule has 3 rings (SSSR count).